The van der Waals surface area contributed by atoms with Crippen molar-refractivity contribution in [3.8, 4) is 5.69 Å². The van der Waals surface area contributed by atoms with Crippen LogP contribution in [-0.2, 0) is 0 Å². The summed E-state index contributed by atoms with van der Waals surface area (Å²) in [5.41, 5.74) is 1.48. The van der Waals surface area contributed by atoms with Crippen molar-refractivity contribution in [1.29, 1.82) is 0 Å². The smallest absolute Gasteiger partial charge is 0.266 e. The third-order valence-electron chi connectivity index (χ3n) is 4.32. The van der Waals surface area contributed by atoms with Gasteiger partial charge in [-0.15, -0.1) is 0 Å². The maximum absolute atomic E-state index is 13.1. The van der Waals surface area contributed by atoms with E-state index in [1.54, 1.807) is 30.3 Å². The van der Waals surface area contributed by atoms with Crippen molar-refractivity contribution in [2.45, 2.75) is 5.16 Å². The second kappa shape index (κ2) is 8.41. The molecule has 0 bridgehead atoms. The quantitative estimate of drug-likeness (QED) is 0.228. The number of fused-ring (bicyclic) bond motifs is 1. The van der Waals surface area contributed by atoms with Gasteiger partial charge in [0.25, 0.3) is 5.56 Å². The van der Waals surface area contributed by atoms with Gasteiger partial charge in [0.1, 0.15) is 0 Å². The molecule has 0 fully saturated rings. The minimum Gasteiger partial charge on any atom is -0.293 e. The van der Waals surface area contributed by atoms with Crippen LogP contribution in [0.4, 0.5) is 0 Å². The lowest BCUT2D eigenvalue weighted by molar-refractivity contribution is 0.102. The Morgan fingerprint density at radius 1 is 0.966 bits per heavy atom. The summed E-state index contributed by atoms with van der Waals surface area (Å²) >= 11 is 13.3. The van der Waals surface area contributed by atoms with Gasteiger partial charge < -0.3 is 0 Å². The number of nitrogens with zero attached hydrogens (tertiary/aromatic N) is 2. The number of ketones is 1. The number of rotatable bonds is 5. The van der Waals surface area contributed by atoms with Crippen molar-refractivity contribution in [3.63, 3.8) is 0 Å². The minimum atomic E-state index is -0.179. The number of carbonyl (C=O) groups is 1. The maximum atomic E-state index is 13.1. The van der Waals surface area contributed by atoms with Gasteiger partial charge in [0.05, 0.1) is 27.4 Å². The molecule has 29 heavy (non-hydrogen) atoms. The van der Waals surface area contributed by atoms with Crippen molar-refractivity contribution < 1.29 is 4.79 Å². The molecule has 0 saturated heterocycles. The molecular formula is C22H14Cl2N2O2S. The van der Waals surface area contributed by atoms with E-state index >= 15 is 0 Å². The summed E-state index contributed by atoms with van der Waals surface area (Å²) in [6.07, 6.45) is 0. The summed E-state index contributed by atoms with van der Waals surface area (Å²) in [7, 11) is 0. The molecular weight excluding hydrogens is 427 g/mol. The van der Waals surface area contributed by atoms with E-state index in [1.807, 2.05) is 36.4 Å². The van der Waals surface area contributed by atoms with Crippen molar-refractivity contribution in [2.75, 3.05) is 5.75 Å². The Morgan fingerprint density at radius 2 is 1.69 bits per heavy atom. The van der Waals surface area contributed by atoms with Gasteiger partial charge in [0.15, 0.2) is 10.9 Å². The molecule has 0 N–H and O–H groups in total. The van der Waals surface area contributed by atoms with Gasteiger partial charge in [-0.25, -0.2) is 4.98 Å². The highest BCUT2D eigenvalue weighted by atomic mass is 35.5. The first-order valence-corrected chi connectivity index (χ1v) is 10.5. The van der Waals surface area contributed by atoms with Crippen LogP contribution in [-0.4, -0.2) is 21.1 Å². The molecule has 4 aromatic rings. The van der Waals surface area contributed by atoms with Gasteiger partial charge in [0, 0.05) is 10.6 Å². The van der Waals surface area contributed by atoms with Crippen molar-refractivity contribution in [2.24, 2.45) is 0 Å². The molecule has 3 aromatic carbocycles. The number of benzene rings is 3. The number of hydrogen-bond donors (Lipinski definition) is 0. The third-order valence-corrected chi connectivity index (χ3v) is 5.81. The standard InChI is InChI=1S/C22H14Cl2N2O2S/c23-14-10-11-16(18(24)12-14)20(27)13-29-22-25-19-9-5-4-8-17(19)21(28)26(22)15-6-2-1-3-7-15/h1-12H,13H2. The van der Waals surface area contributed by atoms with Crippen LogP contribution in [0.5, 0.6) is 0 Å². The highest BCUT2D eigenvalue weighted by molar-refractivity contribution is 7.99. The average Bonchev–Trinajstić information content (AvgIpc) is 2.73. The highest BCUT2D eigenvalue weighted by Gasteiger charge is 2.16. The van der Waals surface area contributed by atoms with Crippen LogP contribution in [0, 0.1) is 0 Å². The Kier molecular flexibility index (Phi) is 5.72. The summed E-state index contributed by atoms with van der Waals surface area (Å²) < 4.78 is 1.53. The lowest BCUT2D eigenvalue weighted by Gasteiger charge is -2.13. The number of hydrogen-bond acceptors (Lipinski definition) is 4. The van der Waals surface area contributed by atoms with Crippen molar-refractivity contribution >= 4 is 51.6 Å². The molecule has 0 amide bonds. The Bertz CT molecular complexity index is 1270. The lowest BCUT2D eigenvalue weighted by atomic mass is 10.1. The molecule has 0 spiro atoms. The van der Waals surface area contributed by atoms with E-state index < -0.39 is 0 Å². The van der Waals surface area contributed by atoms with E-state index in [-0.39, 0.29) is 17.1 Å². The molecule has 0 unspecified atom stereocenters. The predicted molar refractivity (Wildman–Crippen MR) is 119 cm³/mol. The van der Waals surface area contributed by atoms with E-state index in [1.165, 1.54) is 22.4 Å². The van der Waals surface area contributed by atoms with Crippen LogP contribution in [0.2, 0.25) is 10.0 Å². The van der Waals surface area contributed by atoms with Gasteiger partial charge in [-0.05, 0) is 42.5 Å². The van der Waals surface area contributed by atoms with E-state index in [0.29, 0.717) is 37.4 Å². The summed E-state index contributed by atoms with van der Waals surface area (Å²) in [6, 6.07) is 21.2. The second-order valence-corrected chi connectivity index (χ2v) is 8.01. The van der Waals surface area contributed by atoms with Gasteiger partial charge in [-0.1, -0.05) is 65.3 Å². The summed E-state index contributed by atoms with van der Waals surface area (Å²) in [5.74, 6) is -0.0856. The molecule has 0 aliphatic carbocycles. The van der Waals surface area contributed by atoms with E-state index in [4.69, 9.17) is 23.2 Å². The number of thioether (sulfide) groups is 1. The Balaban J connectivity index is 1.75. The molecule has 1 aromatic heterocycles. The zero-order valence-electron chi connectivity index (χ0n) is 15.0. The van der Waals surface area contributed by atoms with Crippen LogP contribution in [0.25, 0.3) is 16.6 Å². The second-order valence-electron chi connectivity index (χ2n) is 6.22. The number of para-hydroxylation sites is 2. The number of aromatic nitrogens is 2. The molecule has 4 nitrogen and oxygen atoms in total. The topological polar surface area (TPSA) is 52.0 Å². The lowest BCUT2D eigenvalue weighted by Crippen LogP contribution is -2.22. The van der Waals surface area contributed by atoms with Gasteiger partial charge in [-0.3, -0.25) is 14.2 Å². The fraction of sp³-hybridized carbons (Fsp3) is 0.0455. The molecule has 0 aliphatic rings. The first-order chi connectivity index (χ1) is 14.0. The predicted octanol–water partition coefficient (Wildman–Crippen LogP) is 5.67. The summed E-state index contributed by atoms with van der Waals surface area (Å²) in [4.78, 5) is 30.5. The Morgan fingerprint density at radius 3 is 2.45 bits per heavy atom. The first-order valence-electron chi connectivity index (χ1n) is 8.73. The minimum absolute atomic E-state index is 0.0823. The number of halogens is 2. The summed E-state index contributed by atoms with van der Waals surface area (Å²) in [6.45, 7) is 0. The van der Waals surface area contributed by atoms with Crippen LogP contribution in [0.1, 0.15) is 10.4 Å². The molecule has 144 valence electrons. The molecule has 0 aliphatic heterocycles. The van der Waals surface area contributed by atoms with Crippen LogP contribution >= 0.6 is 35.0 Å². The molecule has 0 saturated carbocycles. The molecule has 1 heterocycles. The molecule has 7 heteroatoms. The highest BCUT2D eigenvalue weighted by Crippen LogP contribution is 2.25. The SMILES string of the molecule is O=C(CSc1nc2ccccc2c(=O)n1-c1ccccc1)c1ccc(Cl)cc1Cl. The Labute approximate surface area is 181 Å². The molecule has 4 rings (SSSR count). The number of Topliss-reactive ketones (excluding diaryl/α,β-unsaturated/α-hetero) is 1. The van der Waals surface area contributed by atoms with Crippen LogP contribution in [0.3, 0.4) is 0 Å². The fourth-order valence-corrected chi connectivity index (χ4v) is 4.35. The van der Waals surface area contributed by atoms with Gasteiger partial charge in [0.2, 0.25) is 0 Å². The van der Waals surface area contributed by atoms with Crippen molar-refractivity contribution in [1.82, 2.24) is 9.55 Å². The molecule has 0 atom stereocenters. The monoisotopic (exact) mass is 440 g/mol. The van der Waals surface area contributed by atoms with Crippen molar-refractivity contribution in [3.05, 3.63) is 98.8 Å². The van der Waals surface area contributed by atoms with E-state index in [9.17, 15) is 9.59 Å². The summed E-state index contributed by atoms with van der Waals surface area (Å²) in [5, 5.41) is 1.73. The zero-order valence-corrected chi connectivity index (χ0v) is 17.3. The zero-order chi connectivity index (χ0) is 20.4. The third kappa shape index (κ3) is 4.08. The maximum Gasteiger partial charge on any atom is 0.266 e. The van der Waals surface area contributed by atoms with Gasteiger partial charge in [-0.2, -0.15) is 0 Å². The normalized spacial score (nSPS) is 11.0. The van der Waals surface area contributed by atoms with Crippen LogP contribution in [0.15, 0.2) is 82.7 Å². The van der Waals surface area contributed by atoms with Gasteiger partial charge >= 0.3 is 0 Å². The molecule has 0 radical (unpaired) electrons. The Hall–Kier alpha value is -2.60. The van der Waals surface area contributed by atoms with Crippen LogP contribution < -0.4 is 5.56 Å². The van der Waals surface area contributed by atoms with E-state index in [2.05, 4.69) is 4.98 Å². The van der Waals surface area contributed by atoms with E-state index in [0.717, 1.165) is 0 Å². The largest absolute Gasteiger partial charge is 0.293 e. The average molecular weight is 441 g/mol. The first kappa shape index (κ1) is 19.7. The fourth-order valence-electron chi connectivity index (χ4n) is 2.94. The number of carbonyl (C=O) groups excluding carboxylic acids is 1.